The Bertz CT molecular complexity index is 176. The summed E-state index contributed by atoms with van der Waals surface area (Å²) in [5.41, 5.74) is 4.76. The van der Waals surface area contributed by atoms with Crippen molar-refractivity contribution in [2.24, 2.45) is 5.73 Å². The molecule has 0 saturated carbocycles. The summed E-state index contributed by atoms with van der Waals surface area (Å²) in [5.74, 6) is 0. The molecule has 3 N–H and O–H groups in total. The SMILES string of the molecule is NCC(O)Sc1cccs1. The molecule has 0 saturated heterocycles. The van der Waals surface area contributed by atoms with Gasteiger partial charge in [-0.25, -0.2) is 0 Å². The van der Waals surface area contributed by atoms with E-state index in [1.165, 1.54) is 11.8 Å². The van der Waals surface area contributed by atoms with E-state index in [-0.39, 0.29) is 0 Å². The van der Waals surface area contributed by atoms with Gasteiger partial charge in [0.25, 0.3) is 0 Å². The number of hydrogen-bond acceptors (Lipinski definition) is 4. The molecule has 0 bridgehead atoms. The minimum Gasteiger partial charge on any atom is -0.381 e. The van der Waals surface area contributed by atoms with Gasteiger partial charge in [0.15, 0.2) is 0 Å². The van der Waals surface area contributed by atoms with Crippen LogP contribution in [0.15, 0.2) is 21.7 Å². The maximum absolute atomic E-state index is 9.07. The summed E-state index contributed by atoms with van der Waals surface area (Å²) in [6.45, 7) is 0.308. The lowest BCUT2D eigenvalue weighted by Crippen LogP contribution is -2.14. The third-order valence-corrected chi connectivity index (χ3v) is 3.02. The van der Waals surface area contributed by atoms with E-state index in [0.29, 0.717) is 6.54 Å². The van der Waals surface area contributed by atoms with E-state index in [2.05, 4.69) is 0 Å². The zero-order valence-electron chi connectivity index (χ0n) is 5.36. The number of hydrogen-bond donors (Lipinski definition) is 2. The van der Waals surface area contributed by atoms with Gasteiger partial charge in [-0.1, -0.05) is 17.8 Å². The minimum atomic E-state index is -0.460. The fourth-order valence-electron chi connectivity index (χ4n) is 0.513. The van der Waals surface area contributed by atoms with Gasteiger partial charge in [0.1, 0.15) is 5.44 Å². The van der Waals surface area contributed by atoms with Crippen LogP contribution >= 0.6 is 23.1 Å². The number of aliphatic hydroxyl groups is 1. The van der Waals surface area contributed by atoms with Gasteiger partial charge in [0.05, 0.1) is 4.21 Å². The molecule has 1 aromatic rings. The highest BCUT2D eigenvalue weighted by Gasteiger charge is 2.02. The molecule has 0 aromatic carbocycles. The van der Waals surface area contributed by atoms with Crippen LogP contribution in [0.4, 0.5) is 0 Å². The number of nitrogens with two attached hydrogens (primary N) is 1. The highest BCUT2D eigenvalue weighted by atomic mass is 32.2. The van der Waals surface area contributed by atoms with Gasteiger partial charge in [-0.3, -0.25) is 0 Å². The van der Waals surface area contributed by atoms with Crippen LogP contribution < -0.4 is 5.73 Å². The van der Waals surface area contributed by atoms with Crippen LogP contribution in [0.5, 0.6) is 0 Å². The Hall–Kier alpha value is -0.0300. The number of rotatable bonds is 3. The maximum Gasteiger partial charge on any atom is 0.117 e. The quantitative estimate of drug-likeness (QED) is 0.534. The Morgan fingerprint density at radius 2 is 2.60 bits per heavy atom. The number of thiophene rings is 1. The Labute approximate surface area is 68.1 Å². The average Bonchev–Trinajstić information content (AvgIpc) is 2.40. The Morgan fingerprint density at radius 1 is 1.80 bits per heavy atom. The molecule has 1 heterocycles. The van der Waals surface area contributed by atoms with E-state index in [0.717, 1.165) is 4.21 Å². The van der Waals surface area contributed by atoms with E-state index in [1.807, 2.05) is 17.5 Å². The van der Waals surface area contributed by atoms with Gasteiger partial charge in [0.2, 0.25) is 0 Å². The predicted molar refractivity (Wildman–Crippen MR) is 45.2 cm³/mol. The highest BCUT2D eigenvalue weighted by molar-refractivity contribution is 8.01. The van der Waals surface area contributed by atoms with Crippen LogP contribution in [-0.2, 0) is 0 Å². The third-order valence-electron chi connectivity index (χ3n) is 0.949. The number of aliphatic hydroxyl groups excluding tert-OH is 1. The first kappa shape index (κ1) is 8.07. The van der Waals surface area contributed by atoms with E-state index in [4.69, 9.17) is 10.8 Å². The van der Waals surface area contributed by atoms with Crippen molar-refractivity contribution in [1.29, 1.82) is 0 Å². The van der Waals surface area contributed by atoms with Gasteiger partial charge < -0.3 is 10.8 Å². The van der Waals surface area contributed by atoms with Crippen molar-refractivity contribution in [2.45, 2.75) is 9.65 Å². The predicted octanol–water partition coefficient (Wildman–Crippen LogP) is 1.12. The lowest BCUT2D eigenvalue weighted by molar-refractivity contribution is 0.271. The molecule has 0 aliphatic rings. The third kappa shape index (κ3) is 2.30. The fraction of sp³-hybridized carbons (Fsp3) is 0.333. The summed E-state index contributed by atoms with van der Waals surface area (Å²) >= 11 is 3.01. The second-order valence-corrected chi connectivity index (χ2v) is 4.17. The zero-order chi connectivity index (χ0) is 7.40. The van der Waals surface area contributed by atoms with Gasteiger partial charge in [0, 0.05) is 6.54 Å². The molecule has 0 radical (unpaired) electrons. The van der Waals surface area contributed by atoms with Gasteiger partial charge in [-0.05, 0) is 11.4 Å². The maximum atomic E-state index is 9.07. The molecule has 1 rings (SSSR count). The Morgan fingerprint density at radius 3 is 3.10 bits per heavy atom. The Balaban J connectivity index is 2.40. The molecule has 4 heteroatoms. The van der Waals surface area contributed by atoms with Crippen LogP contribution in [0.2, 0.25) is 0 Å². The first-order valence-corrected chi connectivity index (χ1v) is 4.67. The highest BCUT2D eigenvalue weighted by Crippen LogP contribution is 2.25. The summed E-state index contributed by atoms with van der Waals surface area (Å²) in [6.07, 6.45) is 0. The summed E-state index contributed by atoms with van der Waals surface area (Å²) in [4.78, 5) is 0. The first-order chi connectivity index (χ1) is 4.83. The van der Waals surface area contributed by atoms with Crippen LogP contribution in [0.3, 0.4) is 0 Å². The minimum absolute atomic E-state index is 0.308. The van der Waals surface area contributed by atoms with Crippen molar-refractivity contribution in [3.8, 4) is 0 Å². The van der Waals surface area contributed by atoms with Crippen molar-refractivity contribution in [1.82, 2.24) is 0 Å². The van der Waals surface area contributed by atoms with Gasteiger partial charge >= 0.3 is 0 Å². The lowest BCUT2D eigenvalue weighted by atomic mass is 10.7. The largest absolute Gasteiger partial charge is 0.381 e. The Kier molecular flexibility index (Phi) is 3.21. The molecular formula is C6H9NOS2. The average molecular weight is 175 g/mol. The number of thioether (sulfide) groups is 1. The fourth-order valence-corrected chi connectivity index (χ4v) is 2.20. The summed E-state index contributed by atoms with van der Waals surface area (Å²) in [5, 5.41) is 11.1. The molecule has 0 fully saturated rings. The molecule has 0 aliphatic heterocycles. The van der Waals surface area contributed by atoms with Crippen molar-refractivity contribution in [3.05, 3.63) is 17.5 Å². The standard InChI is InChI=1S/C6H9NOS2/c7-4-5(8)10-6-2-1-3-9-6/h1-3,5,8H,4,7H2. The smallest absolute Gasteiger partial charge is 0.117 e. The molecule has 2 nitrogen and oxygen atoms in total. The van der Waals surface area contributed by atoms with E-state index in [9.17, 15) is 0 Å². The van der Waals surface area contributed by atoms with Crippen molar-refractivity contribution in [2.75, 3.05) is 6.54 Å². The summed E-state index contributed by atoms with van der Waals surface area (Å²) < 4.78 is 1.11. The van der Waals surface area contributed by atoms with E-state index in [1.54, 1.807) is 11.3 Å². The molecule has 56 valence electrons. The van der Waals surface area contributed by atoms with Gasteiger partial charge in [-0.2, -0.15) is 0 Å². The molecule has 1 aromatic heterocycles. The topological polar surface area (TPSA) is 46.2 Å². The molecule has 10 heavy (non-hydrogen) atoms. The molecule has 1 unspecified atom stereocenters. The van der Waals surface area contributed by atoms with Crippen LogP contribution in [0, 0.1) is 0 Å². The van der Waals surface area contributed by atoms with Gasteiger partial charge in [-0.15, -0.1) is 11.3 Å². The summed E-state index contributed by atoms with van der Waals surface area (Å²) in [6, 6.07) is 3.92. The lowest BCUT2D eigenvalue weighted by Gasteiger charge is -2.02. The van der Waals surface area contributed by atoms with Crippen molar-refractivity contribution >= 4 is 23.1 Å². The molecule has 0 amide bonds. The van der Waals surface area contributed by atoms with Crippen LogP contribution in [-0.4, -0.2) is 17.1 Å². The second kappa shape index (κ2) is 3.98. The molecule has 0 spiro atoms. The van der Waals surface area contributed by atoms with Crippen molar-refractivity contribution in [3.63, 3.8) is 0 Å². The van der Waals surface area contributed by atoms with Crippen LogP contribution in [0.1, 0.15) is 0 Å². The van der Waals surface area contributed by atoms with E-state index < -0.39 is 5.44 Å². The molecular weight excluding hydrogens is 166 g/mol. The van der Waals surface area contributed by atoms with Crippen molar-refractivity contribution < 1.29 is 5.11 Å². The molecule has 1 atom stereocenters. The first-order valence-electron chi connectivity index (χ1n) is 2.91. The normalized spacial score (nSPS) is 13.4. The monoisotopic (exact) mass is 175 g/mol. The second-order valence-electron chi connectivity index (χ2n) is 1.74. The zero-order valence-corrected chi connectivity index (χ0v) is 6.99. The van der Waals surface area contributed by atoms with E-state index >= 15 is 0 Å². The summed E-state index contributed by atoms with van der Waals surface area (Å²) in [7, 11) is 0. The molecule has 0 aliphatic carbocycles. The van der Waals surface area contributed by atoms with Crippen LogP contribution in [0.25, 0.3) is 0 Å².